The zero-order valence-electron chi connectivity index (χ0n) is 15.0. The molecule has 2 amide bonds. The number of pyridine rings is 1. The van der Waals surface area contributed by atoms with Gasteiger partial charge in [0.2, 0.25) is 0 Å². The van der Waals surface area contributed by atoms with Crippen LogP contribution in [0, 0.1) is 0 Å². The topological polar surface area (TPSA) is 63.1 Å². The van der Waals surface area contributed by atoms with Crippen LogP contribution < -0.4 is 5.32 Å². The van der Waals surface area contributed by atoms with Crippen molar-refractivity contribution in [2.45, 2.75) is 25.8 Å². The van der Waals surface area contributed by atoms with Crippen molar-refractivity contribution >= 4 is 11.8 Å². The van der Waals surface area contributed by atoms with E-state index in [-0.39, 0.29) is 12.1 Å². The number of para-hydroxylation sites is 1. The smallest absolute Gasteiger partial charge is 0.319 e. The van der Waals surface area contributed by atoms with E-state index >= 15 is 0 Å². The van der Waals surface area contributed by atoms with E-state index in [0.29, 0.717) is 5.82 Å². The molecule has 0 radical (unpaired) electrons. The Balaban J connectivity index is 1.71. The van der Waals surface area contributed by atoms with Gasteiger partial charge in [0.25, 0.3) is 0 Å². The van der Waals surface area contributed by atoms with Gasteiger partial charge in [-0.15, -0.1) is 5.10 Å². The summed E-state index contributed by atoms with van der Waals surface area (Å²) < 4.78 is 1.73. The van der Waals surface area contributed by atoms with Crippen molar-refractivity contribution in [1.29, 1.82) is 0 Å². The van der Waals surface area contributed by atoms with E-state index in [4.69, 9.17) is 0 Å². The first-order chi connectivity index (χ1) is 12.7. The van der Waals surface area contributed by atoms with Crippen molar-refractivity contribution < 1.29 is 4.79 Å². The van der Waals surface area contributed by atoms with Gasteiger partial charge in [0.15, 0.2) is 5.82 Å². The Hall–Kier alpha value is -3.15. The molecular weight excluding hydrogens is 326 g/mol. The van der Waals surface area contributed by atoms with Gasteiger partial charge in [-0.3, -0.25) is 10.3 Å². The third-order valence-corrected chi connectivity index (χ3v) is 4.22. The van der Waals surface area contributed by atoms with Crippen LogP contribution in [0.4, 0.5) is 10.6 Å². The van der Waals surface area contributed by atoms with Crippen molar-refractivity contribution in [2.75, 3.05) is 12.4 Å². The fourth-order valence-electron chi connectivity index (χ4n) is 2.84. The van der Waals surface area contributed by atoms with E-state index in [0.717, 1.165) is 24.2 Å². The van der Waals surface area contributed by atoms with Gasteiger partial charge in [-0.2, -0.15) is 0 Å². The molecular formula is C20H23N5O. The minimum Gasteiger partial charge on any atom is -0.319 e. The molecule has 1 N–H and O–H groups in total. The van der Waals surface area contributed by atoms with Crippen LogP contribution in [0.25, 0.3) is 5.69 Å². The lowest BCUT2D eigenvalue weighted by Gasteiger charge is -2.27. The molecule has 6 heteroatoms. The molecule has 26 heavy (non-hydrogen) atoms. The Morgan fingerprint density at radius 1 is 1.15 bits per heavy atom. The summed E-state index contributed by atoms with van der Waals surface area (Å²) in [5.41, 5.74) is 1.83. The van der Waals surface area contributed by atoms with E-state index in [9.17, 15) is 4.79 Å². The maximum absolute atomic E-state index is 12.7. The lowest BCUT2D eigenvalue weighted by atomic mass is 10.1. The molecule has 134 valence electrons. The molecule has 0 aliphatic heterocycles. The third kappa shape index (κ3) is 4.08. The molecule has 1 atom stereocenters. The number of hydrogen-bond donors (Lipinski definition) is 1. The SMILES string of the molecule is CCCC(c1ccccn1)N(C)C(=O)Nc1ccn(-c2ccccc2)n1. The molecule has 0 aliphatic rings. The average molecular weight is 349 g/mol. The Morgan fingerprint density at radius 2 is 1.92 bits per heavy atom. The first-order valence-electron chi connectivity index (χ1n) is 8.75. The fourth-order valence-corrected chi connectivity index (χ4v) is 2.84. The van der Waals surface area contributed by atoms with Crippen LogP contribution in [-0.2, 0) is 0 Å². The van der Waals surface area contributed by atoms with Gasteiger partial charge in [0, 0.05) is 25.5 Å². The molecule has 0 bridgehead atoms. The number of anilines is 1. The summed E-state index contributed by atoms with van der Waals surface area (Å²) in [7, 11) is 1.79. The predicted octanol–water partition coefficient (Wildman–Crippen LogP) is 4.27. The maximum atomic E-state index is 12.7. The summed E-state index contributed by atoms with van der Waals surface area (Å²) in [5, 5.41) is 7.29. The van der Waals surface area contributed by atoms with Crippen molar-refractivity contribution in [1.82, 2.24) is 19.7 Å². The number of nitrogens with zero attached hydrogens (tertiary/aromatic N) is 4. The van der Waals surface area contributed by atoms with Crippen LogP contribution in [0.3, 0.4) is 0 Å². The van der Waals surface area contributed by atoms with Crippen LogP contribution in [0.1, 0.15) is 31.5 Å². The number of amides is 2. The molecule has 2 heterocycles. The van der Waals surface area contributed by atoms with E-state index in [1.807, 2.05) is 54.7 Å². The molecule has 0 spiro atoms. The molecule has 0 saturated carbocycles. The maximum Gasteiger partial charge on any atom is 0.323 e. The number of benzene rings is 1. The minimum atomic E-state index is -0.201. The van der Waals surface area contributed by atoms with E-state index in [1.54, 1.807) is 28.9 Å². The zero-order valence-corrected chi connectivity index (χ0v) is 15.0. The second-order valence-electron chi connectivity index (χ2n) is 6.08. The predicted molar refractivity (Wildman–Crippen MR) is 102 cm³/mol. The second-order valence-corrected chi connectivity index (χ2v) is 6.08. The number of hydrogen-bond acceptors (Lipinski definition) is 3. The molecule has 0 aliphatic carbocycles. The normalized spacial score (nSPS) is 11.8. The van der Waals surface area contributed by atoms with Gasteiger partial charge < -0.3 is 4.90 Å². The number of carbonyl (C=O) groups excluding carboxylic acids is 1. The standard InChI is InChI=1S/C20H23N5O/c1-3-9-18(17-12-7-8-14-21-17)24(2)20(26)22-19-13-15-25(23-19)16-10-5-4-6-11-16/h4-8,10-15,18H,3,9H2,1-2H3,(H,22,23,26). The summed E-state index contributed by atoms with van der Waals surface area (Å²) in [6.45, 7) is 2.10. The highest BCUT2D eigenvalue weighted by Gasteiger charge is 2.22. The van der Waals surface area contributed by atoms with Crippen molar-refractivity contribution in [3.05, 3.63) is 72.7 Å². The van der Waals surface area contributed by atoms with Gasteiger partial charge in [0.05, 0.1) is 17.4 Å². The summed E-state index contributed by atoms with van der Waals surface area (Å²) in [4.78, 5) is 18.8. The molecule has 2 aromatic heterocycles. The van der Waals surface area contributed by atoms with Crippen LogP contribution >= 0.6 is 0 Å². The number of urea groups is 1. The summed E-state index contributed by atoms with van der Waals surface area (Å²) in [6, 6.07) is 17.1. The lowest BCUT2D eigenvalue weighted by molar-refractivity contribution is 0.199. The van der Waals surface area contributed by atoms with Crippen LogP contribution in [0.5, 0.6) is 0 Å². The average Bonchev–Trinajstić information content (AvgIpc) is 3.15. The van der Waals surface area contributed by atoms with Crippen LogP contribution in [-0.4, -0.2) is 32.7 Å². The Morgan fingerprint density at radius 3 is 2.62 bits per heavy atom. The van der Waals surface area contributed by atoms with Gasteiger partial charge in [-0.1, -0.05) is 37.6 Å². The van der Waals surface area contributed by atoms with Gasteiger partial charge in [0.1, 0.15) is 0 Å². The summed E-state index contributed by atoms with van der Waals surface area (Å²) in [5.74, 6) is 0.516. The minimum absolute atomic E-state index is 0.0718. The molecule has 3 rings (SSSR count). The monoisotopic (exact) mass is 349 g/mol. The first kappa shape index (κ1) is 17.7. The second kappa shape index (κ2) is 8.29. The molecule has 6 nitrogen and oxygen atoms in total. The van der Waals surface area contributed by atoms with Crippen LogP contribution in [0.2, 0.25) is 0 Å². The Kier molecular flexibility index (Phi) is 5.63. The fraction of sp³-hybridized carbons (Fsp3) is 0.250. The molecule has 1 aromatic carbocycles. The molecule has 0 fully saturated rings. The Bertz CT molecular complexity index is 832. The first-order valence-corrected chi connectivity index (χ1v) is 8.75. The van der Waals surface area contributed by atoms with Gasteiger partial charge in [-0.25, -0.2) is 9.48 Å². The van der Waals surface area contributed by atoms with Crippen molar-refractivity contribution in [2.24, 2.45) is 0 Å². The number of carbonyl (C=O) groups is 1. The highest BCUT2D eigenvalue weighted by molar-refractivity contribution is 5.88. The highest BCUT2D eigenvalue weighted by atomic mass is 16.2. The number of aromatic nitrogens is 3. The third-order valence-electron chi connectivity index (χ3n) is 4.22. The number of rotatable bonds is 6. The van der Waals surface area contributed by atoms with E-state index in [2.05, 4.69) is 22.3 Å². The van der Waals surface area contributed by atoms with Crippen molar-refractivity contribution in [3.63, 3.8) is 0 Å². The largest absolute Gasteiger partial charge is 0.323 e. The summed E-state index contributed by atoms with van der Waals surface area (Å²) >= 11 is 0. The van der Waals surface area contributed by atoms with Gasteiger partial charge in [-0.05, 0) is 30.7 Å². The lowest BCUT2D eigenvalue weighted by Crippen LogP contribution is -2.35. The quantitative estimate of drug-likeness (QED) is 0.723. The summed E-state index contributed by atoms with van der Waals surface area (Å²) in [6.07, 6.45) is 5.39. The molecule has 1 unspecified atom stereocenters. The highest BCUT2D eigenvalue weighted by Crippen LogP contribution is 2.23. The number of nitrogens with one attached hydrogen (secondary N) is 1. The molecule has 0 saturated heterocycles. The Labute approximate surface area is 153 Å². The van der Waals surface area contributed by atoms with E-state index in [1.165, 1.54) is 0 Å². The van der Waals surface area contributed by atoms with Crippen molar-refractivity contribution in [3.8, 4) is 5.69 Å². The molecule has 3 aromatic rings. The zero-order chi connectivity index (χ0) is 18.4. The van der Waals surface area contributed by atoms with Gasteiger partial charge >= 0.3 is 6.03 Å². The van der Waals surface area contributed by atoms with Crippen LogP contribution in [0.15, 0.2) is 67.0 Å². The van der Waals surface area contributed by atoms with E-state index < -0.39 is 0 Å².